The van der Waals surface area contributed by atoms with Gasteiger partial charge in [0.05, 0.1) is 5.56 Å². The first-order chi connectivity index (χ1) is 11.2. The Bertz CT molecular complexity index is 724. The van der Waals surface area contributed by atoms with Gasteiger partial charge in [-0.3, -0.25) is 4.79 Å². The van der Waals surface area contributed by atoms with E-state index in [0.717, 1.165) is 28.9 Å². The highest BCUT2D eigenvalue weighted by molar-refractivity contribution is 5.96. The van der Waals surface area contributed by atoms with Gasteiger partial charge in [0.1, 0.15) is 6.04 Å². The maximum absolute atomic E-state index is 12.5. The lowest BCUT2D eigenvalue weighted by atomic mass is 10.1. The molecule has 0 saturated heterocycles. The van der Waals surface area contributed by atoms with Gasteiger partial charge in [-0.05, 0) is 68.3 Å². The van der Waals surface area contributed by atoms with Gasteiger partial charge in [0.25, 0.3) is 0 Å². The largest absolute Gasteiger partial charge is 0.416 e. The van der Waals surface area contributed by atoms with Crippen molar-refractivity contribution in [1.29, 1.82) is 0 Å². The highest BCUT2D eigenvalue weighted by Crippen LogP contribution is 2.29. The molecule has 0 bridgehead atoms. The molecule has 0 aliphatic rings. The molecule has 0 saturated carbocycles. The standard InChI is InChI=1S/C18H19F3N2O/c1-11-4-7-16(10-12(11)2)22-13(3)17(24)23-15-8-5-14(6-9-15)18(19,20)21/h4-10,13,22H,1-3H3,(H,23,24)/t13-/m0/s1. The van der Waals surface area contributed by atoms with Crippen LogP contribution in [-0.4, -0.2) is 11.9 Å². The minimum Gasteiger partial charge on any atom is -0.374 e. The van der Waals surface area contributed by atoms with E-state index in [1.54, 1.807) is 6.92 Å². The third-order valence-electron chi connectivity index (χ3n) is 3.76. The van der Waals surface area contributed by atoms with Gasteiger partial charge < -0.3 is 10.6 Å². The first-order valence-corrected chi connectivity index (χ1v) is 7.49. The summed E-state index contributed by atoms with van der Waals surface area (Å²) in [4.78, 5) is 12.2. The van der Waals surface area contributed by atoms with Gasteiger partial charge in [0, 0.05) is 11.4 Å². The maximum atomic E-state index is 12.5. The molecule has 0 aliphatic carbocycles. The topological polar surface area (TPSA) is 41.1 Å². The lowest BCUT2D eigenvalue weighted by Gasteiger charge is -2.16. The molecule has 128 valence electrons. The summed E-state index contributed by atoms with van der Waals surface area (Å²) in [6.07, 6.45) is -4.39. The monoisotopic (exact) mass is 336 g/mol. The number of carbonyl (C=O) groups is 1. The molecule has 6 heteroatoms. The first kappa shape index (κ1) is 17.8. The molecule has 0 heterocycles. The fourth-order valence-corrected chi connectivity index (χ4v) is 2.14. The van der Waals surface area contributed by atoms with Crippen molar-refractivity contribution in [2.45, 2.75) is 33.0 Å². The average molecular weight is 336 g/mol. The predicted molar refractivity (Wildman–Crippen MR) is 89.1 cm³/mol. The molecule has 0 fully saturated rings. The van der Waals surface area contributed by atoms with Crippen molar-refractivity contribution in [1.82, 2.24) is 0 Å². The Morgan fingerprint density at radius 1 is 0.958 bits per heavy atom. The molecule has 2 N–H and O–H groups in total. The highest BCUT2D eigenvalue weighted by Gasteiger charge is 2.30. The van der Waals surface area contributed by atoms with Crippen molar-refractivity contribution in [2.24, 2.45) is 0 Å². The summed E-state index contributed by atoms with van der Waals surface area (Å²) in [5.74, 6) is -0.326. The number of rotatable bonds is 4. The van der Waals surface area contributed by atoms with E-state index in [0.29, 0.717) is 5.69 Å². The first-order valence-electron chi connectivity index (χ1n) is 7.49. The summed E-state index contributed by atoms with van der Waals surface area (Å²) in [5.41, 5.74) is 2.65. The van der Waals surface area contributed by atoms with Crippen molar-refractivity contribution >= 4 is 17.3 Å². The van der Waals surface area contributed by atoms with Crippen LogP contribution in [0, 0.1) is 13.8 Å². The summed E-state index contributed by atoms with van der Waals surface area (Å²) < 4.78 is 37.5. The van der Waals surface area contributed by atoms with Gasteiger partial charge in [-0.25, -0.2) is 0 Å². The minimum atomic E-state index is -4.39. The fraction of sp³-hybridized carbons (Fsp3) is 0.278. The lowest BCUT2D eigenvalue weighted by molar-refractivity contribution is -0.137. The second-order valence-electron chi connectivity index (χ2n) is 5.73. The van der Waals surface area contributed by atoms with E-state index in [1.807, 2.05) is 32.0 Å². The number of benzene rings is 2. The van der Waals surface area contributed by atoms with Crippen LogP contribution in [0.4, 0.5) is 24.5 Å². The number of carbonyl (C=O) groups excluding carboxylic acids is 1. The smallest absolute Gasteiger partial charge is 0.374 e. The molecular formula is C18H19F3N2O. The average Bonchev–Trinajstić information content (AvgIpc) is 2.50. The van der Waals surface area contributed by atoms with Crippen molar-refractivity contribution < 1.29 is 18.0 Å². The summed E-state index contributed by atoms with van der Waals surface area (Å²) in [6.45, 7) is 5.67. The van der Waals surface area contributed by atoms with Crippen molar-refractivity contribution in [2.75, 3.05) is 10.6 Å². The number of hydrogen-bond donors (Lipinski definition) is 2. The molecule has 1 amide bonds. The quantitative estimate of drug-likeness (QED) is 0.845. The molecule has 24 heavy (non-hydrogen) atoms. The van der Waals surface area contributed by atoms with Gasteiger partial charge >= 0.3 is 6.18 Å². The van der Waals surface area contributed by atoms with Crippen LogP contribution in [-0.2, 0) is 11.0 Å². The van der Waals surface area contributed by atoms with Crippen LogP contribution in [0.3, 0.4) is 0 Å². The number of amides is 1. The van der Waals surface area contributed by atoms with Gasteiger partial charge in [0.2, 0.25) is 5.91 Å². The molecular weight excluding hydrogens is 317 g/mol. The second-order valence-corrected chi connectivity index (χ2v) is 5.73. The number of alkyl halides is 3. The number of nitrogens with one attached hydrogen (secondary N) is 2. The molecule has 3 nitrogen and oxygen atoms in total. The highest BCUT2D eigenvalue weighted by atomic mass is 19.4. The summed E-state index contributed by atoms with van der Waals surface area (Å²) in [6, 6.07) is 9.61. The Hall–Kier alpha value is -2.50. The zero-order chi connectivity index (χ0) is 17.9. The van der Waals surface area contributed by atoms with Crippen LogP contribution in [0.5, 0.6) is 0 Å². The number of aryl methyl sites for hydroxylation is 2. The van der Waals surface area contributed by atoms with Crippen LogP contribution in [0.15, 0.2) is 42.5 Å². The van der Waals surface area contributed by atoms with Crippen molar-refractivity contribution in [3.63, 3.8) is 0 Å². The zero-order valence-corrected chi connectivity index (χ0v) is 13.7. The van der Waals surface area contributed by atoms with E-state index < -0.39 is 17.8 Å². The van der Waals surface area contributed by atoms with Crippen LogP contribution in [0.25, 0.3) is 0 Å². The molecule has 1 atom stereocenters. The normalized spacial score (nSPS) is 12.6. The van der Waals surface area contributed by atoms with E-state index >= 15 is 0 Å². The van der Waals surface area contributed by atoms with Gasteiger partial charge in [-0.1, -0.05) is 6.07 Å². The maximum Gasteiger partial charge on any atom is 0.416 e. The SMILES string of the molecule is Cc1ccc(N[C@@H](C)C(=O)Nc2ccc(C(F)(F)F)cc2)cc1C. The Morgan fingerprint density at radius 2 is 1.54 bits per heavy atom. The molecule has 2 rings (SSSR count). The molecule has 0 unspecified atom stereocenters. The van der Waals surface area contributed by atoms with Crippen molar-refractivity contribution in [3.05, 3.63) is 59.2 Å². The van der Waals surface area contributed by atoms with Gasteiger partial charge in [-0.15, -0.1) is 0 Å². The fourth-order valence-electron chi connectivity index (χ4n) is 2.14. The van der Waals surface area contributed by atoms with Crippen LogP contribution in [0.2, 0.25) is 0 Å². The Balaban J connectivity index is 1.99. The van der Waals surface area contributed by atoms with Gasteiger partial charge in [-0.2, -0.15) is 13.2 Å². The summed E-state index contributed by atoms with van der Waals surface area (Å²) >= 11 is 0. The van der Waals surface area contributed by atoms with Crippen LogP contribution < -0.4 is 10.6 Å². The Labute approximate surface area is 138 Å². The predicted octanol–water partition coefficient (Wildman–Crippen LogP) is 4.76. The lowest BCUT2D eigenvalue weighted by Crippen LogP contribution is -2.31. The van der Waals surface area contributed by atoms with E-state index in [4.69, 9.17) is 0 Å². The minimum absolute atomic E-state index is 0.321. The van der Waals surface area contributed by atoms with Crippen molar-refractivity contribution in [3.8, 4) is 0 Å². The third kappa shape index (κ3) is 4.50. The van der Waals surface area contributed by atoms with E-state index in [-0.39, 0.29) is 5.91 Å². The van der Waals surface area contributed by atoms with Crippen LogP contribution in [0.1, 0.15) is 23.6 Å². The molecule has 0 aliphatic heterocycles. The zero-order valence-electron chi connectivity index (χ0n) is 13.7. The van der Waals surface area contributed by atoms with Crippen LogP contribution >= 0.6 is 0 Å². The number of halogens is 3. The second kappa shape index (κ2) is 6.95. The van der Waals surface area contributed by atoms with E-state index in [1.165, 1.54) is 12.1 Å². The molecule has 0 aromatic heterocycles. The van der Waals surface area contributed by atoms with E-state index in [9.17, 15) is 18.0 Å². The molecule has 2 aromatic rings. The Morgan fingerprint density at radius 3 is 2.08 bits per heavy atom. The van der Waals surface area contributed by atoms with Gasteiger partial charge in [0.15, 0.2) is 0 Å². The van der Waals surface area contributed by atoms with E-state index in [2.05, 4.69) is 10.6 Å². The summed E-state index contributed by atoms with van der Waals surface area (Å²) in [5, 5.41) is 5.67. The third-order valence-corrected chi connectivity index (χ3v) is 3.76. The number of anilines is 2. The molecule has 0 spiro atoms. The molecule has 0 radical (unpaired) electrons. The summed E-state index contributed by atoms with van der Waals surface area (Å²) in [7, 11) is 0. The molecule has 2 aromatic carbocycles. The number of hydrogen-bond acceptors (Lipinski definition) is 2. The Kier molecular flexibility index (Phi) is 5.17.